The monoisotopic (exact) mass is 473 g/mol. The van der Waals surface area contributed by atoms with Crippen LogP contribution in [0.5, 0.6) is 0 Å². The zero-order valence-electron chi connectivity index (χ0n) is 19.9. The molecule has 2 aliphatic rings. The number of amides is 1. The first-order chi connectivity index (χ1) is 16.2. The molecule has 2 aromatic rings. The Bertz CT molecular complexity index is 981. The highest BCUT2D eigenvalue weighted by atomic mass is 19.3. The standard InChI is InChI=1S/C26H33F2N3O3/c1-26(27,28)18-9-12-22-21(15-18)24-20(23(30-22)17-7-5-4-6-8-17)11-10-19(34-24)16-33-25(32)29-13-14-31(2)3/h4-9,12,15,19-20,23-24,30H,10-11,13-14,16H2,1-3H3,(H,29,32)/t19-,20+,23+,24+/m1/s1. The van der Waals surface area contributed by atoms with E-state index in [1.165, 1.54) is 6.07 Å². The third-order valence-electron chi connectivity index (χ3n) is 6.54. The molecule has 0 aromatic heterocycles. The molecule has 6 nitrogen and oxygen atoms in total. The van der Waals surface area contributed by atoms with Gasteiger partial charge in [0.15, 0.2) is 0 Å². The average molecular weight is 474 g/mol. The molecule has 1 saturated heterocycles. The Balaban J connectivity index is 1.52. The minimum atomic E-state index is -2.94. The molecular weight excluding hydrogens is 440 g/mol. The second-order valence-corrected chi connectivity index (χ2v) is 9.47. The minimum absolute atomic E-state index is 0.00267. The lowest BCUT2D eigenvalue weighted by Crippen LogP contribution is -2.41. The largest absolute Gasteiger partial charge is 0.447 e. The molecular formula is C26H33F2N3O3. The maximum atomic E-state index is 14.1. The van der Waals surface area contributed by atoms with Gasteiger partial charge < -0.3 is 25.0 Å². The van der Waals surface area contributed by atoms with Gasteiger partial charge in [-0.1, -0.05) is 36.4 Å². The molecule has 0 saturated carbocycles. The number of hydrogen-bond acceptors (Lipinski definition) is 5. The van der Waals surface area contributed by atoms with Crippen LogP contribution in [0.1, 0.15) is 48.6 Å². The van der Waals surface area contributed by atoms with E-state index in [9.17, 15) is 13.6 Å². The molecule has 0 unspecified atom stereocenters. The second kappa shape index (κ2) is 10.3. The smallest absolute Gasteiger partial charge is 0.407 e. The van der Waals surface area contributed by atoms with Gasteiger partial charge in [-0.2, -0.15) is 0 Å². The van der Waals surface area contributed by atoms with Crippen LogP contribution in [0.3, 0.4) is 0 Å². The predicted molar refractivity (Wildman–Crippen MR) is 127 cm³/mol. The van der Waals surface area contributed by atoms with E-state index in [2.05, 4.69) is 22.8 Å². The lowest BCUT2D eigenvalue weighted by Gasteiger charge is -2.45. The molecule has 0 bridgehead atoms. The summed E-state index contributed by atoms with van der Waals surface area (Å²) in [6.45, 7) is 2.24. The van der Waals surface area contributed by atoms with Gasteiger partial charge in [0.25, 0.3) is 5.92 Å². The number of halogens is 2. The molecule has 2 N–H and O–H groups in total. The first-order valence-electron chi connectivity index (χ1n) is 11.8. The van der Waals surface area contributed by atoms with Crippen molar-refractivity contribution in [2.24, 2.45) is 5.92 Å². The summed E-state index contributed by atoms with van der Waals surface area (Å²) in [6, 6.07) is 14.9. The van der Waals surface area contributed by atoms with Gasteiger partial charge in [0.05, 0.1) is 18.2 Å². The Morgan fingerprint density at radius 2 is 1.97 bits per heavy atom. The van der Waals surface area contributed by atoms with Gasteiger partial charge in [-0.05, 0) is 44.6 Å². The van der Waals surface area contributed by atoms with E-state index in [1.54, 1.807) is 12.1 Å². The van der Waals surface area contributed by atoms with E-state index in [0.29, 0.717) is 13.1 Å². The van der Waals surface area contributed by atoms with Crippen LogP contribution >= 0.6 is 0 Å². The summed E-state index contributed by atoms with van der Waals surface area (Å²) in [5.74, 6) is -2.87. The molecule has 2 heterocycles. The quantitative estimate of drug-likeness (QED) is 0.587. The number of likely N-dealkylation sites (N-methyl/N-ethyl adjacent to an activating group) is 1. The summed E-state index contributed by atoms with van der Waals surface area (Å²) in [5, 5.41) is 6.29. The van der Waals surface area contributed by atoms with Crippen molar-refractivity contribution >= 4 is 11.8 Å². The molecule has 4 atom stereocenters. The fourth-order valence-corrected chi connectivity index (χ4v) is 4.74. The van der Waals surface area contributed by atoms with Crippen molar-refractivity contribution in [3.8, 4) is 0 Å². The van der Waals surface area contributed by atoms with Crippen LogP contribution in [-0.2, 0) is 15.4 Å². The summed E-state index contributed by atoms with van der Waals surface area (Å²) < 4.78 is 40.0. The van der Waals surface area contributed by atoms with Gasteiger partial charge in [-0.15, -0.1) is 0 Å². The highest BCUT2D eigenvalue weighted by molar-refractivity contribution is 5.67. The number of carbonyl (C=O) groups is 1. The Hall–Kier alpha value is -2.71. The van der Waals surface area contributed by atoms with Gasteiger partial charge in [0.1, 0.15) is 6.61 Å². The third-order valence-corrected chi connectivity index (χ3v) is 6.54. The maximum Gasteiger partial charge on any atom is 0.407 e. The number of ether oxygens (including phenoxy) is 2. The number of hydrogen-bond donors (Lipinski definition) is 2. The van der Waals surface area contributed by atoms with Crippen LogP contribution in [0.2, 0.25) is 0 Å². The van der Waals surface area contributed by atoms with Crippen molar-refractivity contribution in [1.29, 1.82) is 0 Å². The SMILES string of the molecule is CN(C)CCNC(=O)OC[C@H]1CC[C@@H]2[C@H](O1)c1cc(C(C)(F)F)ccc1N[C@H]2c1ccccc1. The molecule has 0 spiro atoms. The van der Waals surface area contributed by atoms with Crippen molar-refractivity contribution in [1.82, 2.24) is 10.2 Å². The predicted octanol–water partition coefficient (Wildman–Crippen LogP) is 5.09. The Morgan fingerprint density at radius 3 is 2.68 bits per heavy atom. The summed E-state index contributed by atoms with van der Waals surface area (Å²) in [6.07, 6.45) is 0.390. The first kappa shape index (κ1) is 24.4. The molecule has 0 aliphatic carbocycles. The van der Waals surface area contributed by atoms with Crippen LogP contribution in [0.25, 0.3) is 0 Å². The minimum Gasteiger partial charge on any atom is -0.447 e. The fraction of sp³-hybridized carbons (Fsp3) is 0.500. The highest BCUT2D eigenvalue weighted by Crippen LogP contribution is 2.51. The fourth-order valence-electron chi connectivity index (χ4n) is 4.74. The van der Waals surface area contributed by atoms with E-state index in [4.69, 9.17) is 9.47 Å². The average Bonchev–Trinajstić information content (AvgIpc) is 2.81. The van der Waals surface area contributed by atoms with Gasteiger partial charge in [0, 0.05) is 42.7 Å². The van der Waals surface area contributed by atoms with Crippen LogP contribution < -0.4 is 10.6 Å². The number of nitrogens with zero attached hydrogens (tertiary/aromatic N) is 1. The first-order valence-corrected chi connectivity index (χ1v) is 11.8. The van der Waals surface area contributed by atoms with Crippen LogP contribution in [0.4, 0.5) is 19.3 Å². The lowest BCUT2D eigenvalue weighted by molar-refractivity contribution is -0.111. The Morgan fingerprint density at radius 1 is 1.21 bits per heavy atom. The molecule has 2 aromatic carbocycles. The van der Waals surface area contributed by atoms with Gasteiger partial charge >= 0.3 is 6.09 Å². The molecule has 2 aliphatic heterocycles. The van der Waals surface area contributed by atoms with E-state index >= 15 is 0 Å². The number of nitrogens with one attached hydrogen (secondary N) is 2. The van der Waals surface area contributed by atoms with E-state index in [0.717, 1.165) is 36.6 Å². The van der Waals surface area contributed by atoms with Gasteiger partial charge in [-0.25, -0.2) is 13.6 Å². The Kier molecular flexibility index (Phi) is 7.38. The lowest BCUT2D eigenvalue weighted by atomic mass is 9.76. The van der Waals surface area contributed by atoms with E-state index in [-0.39, 0.29) is 36.3 Å². The van der Waals surface area contributed by atoms with E-state index < -0.39 is 12.0 Å². The van der Waals surface area contributed by atoms with Crippen molar-refractivity contribution in [2.45, 2.75) is 43.9 Å². The maximum absolute atomic E-state index is 14.1. The number of anilines is 1. The number of benzene rings is 2. The number of alkyl halides is 2. The normalized spacial score (nSPS) is 24.1. The third kappa shape index (κ3) is 5.67. The topological polar surface area (TPSA) is 62.8 Å². The number of carbonyl (C=O) groups excluding carboxylic acids is 1. The molecule has 1 fully saturated rings. The van der Waals surface area contributed by atoms with Crippen molar-refractivity contribution in [2.75, 3.05) is 39.1 Å². The highest BCUT2D eigenvalue weighted by Gasteiger charge is 2.43. The van der Waals surface area contributed by atoms with Crippen molar-refractivity contribution < 1.29 is 23.0 Å². The van der Waals surface area contributed by atoms with E-state index in [1.807, 2.05) is 37.2 Å². The second-order valence-electron chi connectivity index (χ2n) is 9.47. The van der Waals surface area contributed by atoms with Crippen molar-refractivity contribution in [3.63, 3.8) is 0 Å². The molecule has 0 radical (unpaired) electrons. The molecule has 1 amide bonds. The Labute approximate surface area is 199 Å². The van der Waals surface area contributed by atoms with Gasteiger partial charge in [0.2, 0.25) is 0 Å². The van der Waals surface area contributed by atoms with Crippen LogP contribution in [-0.4, -0.2) is 50.9 Å². The summed E-state index contributed by atoms with van der Waals surface area (Å²) in [4.78, 5) is 14.0. The number of fused-ring (bicyclic) bond motifs is 3. The summed E-state index contributed by atoms with van der Waals surface area (Å²) in [7, 11) is 3.86. The molecule has 184 valence electrons. The van der Waals surface area contributed by atoms with Crippen molar-refractivity contribution in [3.05, 3.63) is 65.2 Å². The molecule has 8 heteroatoms. The number of alkyl carbamates (subject to hydrolysis) is 1. The molecule has 34 heavy (non-hydrogen) atoms. The summed E-state index contributed by atoms with van der Waals surface area (Å²) >= 11 is 0. The zero-order valence-corrected chi connectivity index (χ0v) is 19.9. The van der Waals surface area contributed by atoms with Crippen LogP contribution in [0, 0.1) is 5.92 Å². The number of rotatable bonds is 7. The van der Waals surface area contributed by atoms with Gasteiger partial charge in [-0.3, -0.25) is 0 Å². The zero-order chi connectivity index (χ0) is 24.3. The van der Waals surface area contributed by atoms with Crippen LogP contribution in [0.15, 0.2) is 48.5 Å². The molecule has 4 rings (SSSR count). The summed E-state index contributed by atoms with van der Waals surface area (Å²) in [5.41, 5.74) is 2.63.